The monoisotopic (exact) mass is 280 g/mol. The lowest BCUT2D eigenvalue weighted by Gasteiger charge is -2.13. The van der Waals surface area contributed by atoms with E-state index in [0.717, 1.165) is 35.7 Å². The van der Waals surface area contributed by atoms with Gasteiger partial charge in [-0.3, -0.25) is 4.79 Å². The van der Waals surface area contributed by atoms with Gasteiger partial charge in [-0.15, -0.1) is 0 Å². The molecule has 0 spiro atoms. The van der Waals surface area contributed by atoms with E-state index in [1.54, 1.807) is 0 Å². The first-order valence-corrected chi connectivity index (χ1v) is 6.48. The minimum absolute atomic E-state index is 0.569. The van der Waals surface area contributed by atoms with E-state index in [9.17, 15) is 9.90 Å². The quantitative estimate of drug-likeness (QED) is 0.904. The molecule has 0 aromatic heterocycles. The fraction of sp³-hybridized carbons (Fsp3) is 0.462. The third kappa shape index (κ3) is 1.34. The number of benzene rings is 1. The molecule has 0 saturated heterocycles. The van der Waals surface area contributed by atoms with Crippen LogP contribution in [0.25, 0.3) is 0 Å². The molecule has 0 atom stereocenters. The molecule has 0 amide bonds. The molecule has 1 saturated carbocycles. The molecule has 3 rings (SSSR count). The van der Waals surface area contributed by atoms with E-state index >= 15 is 0 Å². The Kier molecular flexibility index (Phi) is 2.15. The maximum atomic E-state index is 11.3. The number of carboxylic acid groups (broad SMARTS) is 1. The SMILES string of the molecule is O=C(O)C1(c2cc(Br)c3c(c2)CCC3)CC1. The predicted octanol–water partition coefficient (Wildman–Crippen LogP) is 3.05. The van der Waals surface area contributed by atoms with Crippen LogP contribution in [0.2, 0.25) is 0 Å². The van der Waals surface area contributed by atoms with E-state index < -0.39 is 11.4 Å². The van der Waals surface area contributed by atoms with Gasteiger partial charge in [0.1, 0.15) is 0 Å². The van der Waals surface area contributed by atoms with Gasteiger partial charge in [-0.1, -0.05) is 22.0 Å². The van der Waals surface area contributed by atoms with Crippen molar-refractivity contribution in [2.75, 3.05) is 0 Å². The molecular weight excluding hydrogens is 268 g/mol. The smallest absolute Gasteiger partial charge is 0.314 e. The summed E-state index contributed by atoms with van der Waals surface area (Å²) in [5.41, 5.74) is 3.15. The van der Waals surface area contributed by atoms with Gasteiger partial charge >= 0.3 is 5.97 Å². The summed E-state index contributed by atoms with van der Waals surface area (Å²) in [6.07, 6.45) is 4.98. The second kappa shape index (κ2) is 3.33. The summed E-state index contributed by atoms with van der Waals surface area (Å²) in [7, 11) is 0. The minimum atomic E-state index is -0.669. The Labute approximate surface area is 103 Å². The van der Waals surface area contributed by atoms with Gasteiger partial charge in [0.25, 0.3) is 0 Å². The minimum Gasteiger partial charge on any atom is -0.481 e. The third-order valence-electron chi connectivity index (χ3n) is 3.87. The number of carbonyl (C=O) groups is 1. The summed E-state index contributed by atoms with van der Waals surface area (Å²) in [5.74, 6) is -0.669. The number of hydrogen-bond acceptors (Lipinski definition) is 1. The van der Waals surface area contributed by atoms with Gasteiger partial charge in [-0.25, -0.2) is 0 Å². The molecule has 16 heavy (non-hydrogen) atoms. The molecular formula is C13H13BrO2. The Morgan fingerprint density at radius 2 is 2.06 bits per heavy atom. The second-order valence-electron chi connectivity index (χ2n) is 4.84. The number of rotatable bonds is 2. The Bertz CT molecular complexity index is 475. The Balaban J connectivity index is 2.10. The van der Waals surface area contributed by atoms with Crippen LogP contribution in [-0.2, 0) is 23.1 Å². The average molecular weight is 281 g/mol. The normalized spacial score (nSPS) is 20.6. The molecule has 0 heterocycles. The molecule has 1 N–H and O–H groups in total. The number of carboxylic acids is 1. The van der Waals surface area contributed by atoms with E-state index in [1.807, 2.05) is 6.07 Å². The van der Waals surface area contributed by atoms with Gasteiger partial charge in [0, 0.05) is 4.47 Å². The van der Waals surface area contributed by atoms with Crippen LogP contribution in [0.5, 0.6) is 0 Å². The average Bonchev–Trinajstić information content (AvgIpc) is 2.92. The van der Waals surface area contributed by atoms with Crippen LogP contribution < -0.4 is 0 Å². The van der Waals surface area contributed by atoms with Crippen molar-refractivity contribution in [3.63, 3.8) is 0 Å². The van der Waals surface area contributed by atoms with Crippen molar-refractivity contribution in [1.82, 2.24) is 0 Å². The van der Waals surface area contributed by atoms with Crippen molar-refractivity contribution in [2.45, 2.75) is 37.5 Å². The highest BCUT2D eigenvalue weighted by atomic mass is 79.9. The molecule has 3 heteroatoms. The Morgan fingerprint density at radius 3 is 2.69 bits per heavy atom. The van der Waals surface area contributed by atoms with E-state index in [4.69, 9.17) is 0 Å². The van der Waals surface area contributed by atoms with E-state index in [2.05, 4.69) is 22.0 Å². The van der Waals surface area contributed by atoms with Crippen molar-refractivity contribution in [2.24, 2.45) is 0 Å². The topological polar surface area (TPSA) is 37.3 Å². The van der Waals surface area contributed by atoms with E-state index in [-0.39, 0.29) is 0 Å². The first kappa shape index (κ1) is 10.3. The van der Waals surface area contributed by atoms with Crippen LogP contribution in [0.15, 0.2) is 16.6 Å². The molecule has 2 aliphatic rings. The van der Waals surface area contributed by atoms with Gasteiger partial charge in [-0.05, 0) is 54.9 Å². The van der Waals surface area contributed by atoms with Crippen molar-refractivity contribution < 1.29 is 9.90 Å². The van der Waals surface area contributed by atoms with Crippen LogP contribution in [0.3, 0.4) is 0 Å². The summed E-state index contributed by atoms with van der Waals surface area (Å²) in [5, 5.41) is 9.28. The molecule has 1 aromatic rings. The lowest BCUT2D eigenvalue weighted by molar-refractivity contribution is -0.140. The zero-order chi connectivity index (χ0) is 11.3. The van der Waals surface area contributed by atoms with Crippen LogP contribution in [-0.4, -0.2) is 11.1 Å². The number of halogens is 1. The second-order valence-corrected chi connectivity index (χ2v) is 5.69. The summed E-state index contributed by atoms with van der Waals surface area (Å²) in [6, 6.07) is 4.14. The first-order chi connectivity index (χ1) is 7.63. The molecule has 1 fully saturated rings. The van der Waals surface area contributed by atoms with Crippen molar-refractivity contribution >= 4 is 21.9 Å². The predicted molar refractivity (Wildman–Crippen MR) is 64.7 cm³/mol. The highest BCUT2D eigenvalue weighted by molar-refractivity contribution is 9.10. The van der Waals surface area contributed by atoms with Crippen molar-refractivity contribution in [3.05, 3.63) is 33.3 Å². The largest absolute Gasteiger partial charge is 0.481 e. The van der Waals surface area contributed by atoms with Crippen LogP contribution >= 0.6 is 15.9 Å². The van der Waals surface area contributed by atoms with Gasteiger partial charge in [0.15, 0.2) is 0 Å². The standard InChI is InChI=1S/C13H13BrO2/c14-11-7-9(13(4-5-13)12(15)16)6-8-2-1-3-10(8)11/h6-7H,1-5H2,(H,15,16). The van der Waals surface area contributed by atoms with Crippen LogP contribution in [0, 0.1) is 0 Å². The lowest BCUT2D eigenvalue weighted by atomic mass is 9.93. The van der Waals surface area contributed by atoms with Gasteiger partial charge < -0.3 is 5.11 Å². The molecule has 84 valence electrons. The van der Waals surface area contributed by atoms with Crippen molar-refractivity contribution in [1.29, 1.82) is 0 Å². The van der Waals surface area contributed by atoms with E-state index in [0.29, 0.717) is 0 Å². The fourth-order valence-electron chi connectivity index (χ4n) is 2.68. The van der Waals surface area contributed by atoms with Crippen LogP contribution in [0.4, 0.5) is 0 Å². The van der Waals surface area contributed by atoms with Crippen molar-refractivity contribution in [3.8, 4) is 0 Å². The maximum Gasteiger partial charge on any atom is 0.314 e. The highest BCUT2D eigenvalue weighted by Crippen LogP contribution is 2.50. The summed E-state index contributed by atoms with van der Waals surface area (Å²) in [4.78, 5) is 11.3. The molecule has 2 nitrogen and oxygen atoms in total. The number of hydrogen-bond donors (Lipinski definition) is 1. The fourth-order valence-corrected chi connectivity index (χ4v) is 3.38. The summed E-state index contributed by atoms with van der Waals surface area (Å²) < 4.78 is 1.10. The lowest BCUT2D eigenvalue weighted by Crippen LogP contribution is -2.19. The Hall–Kier alpha value is -0.830. The molecule has 0 aliphatic heterocycles. The summed E-state index contributed by atoms with van der Waals surface area (Å²) >= 11 is 3.57. The zero-order valence-electron chi connectivity index (χ0n) is 8.92. The number of aliphatic carboxylic acids is 1. The third-order valence-corrected chi connectivity index (χ3v) is 4.58. The number of aryl methyl sites for hydroxylation is 1. The highest BCUT2D eigenvalue weighted by Gasteiger charge is 2.52. The molecule has 0 unspecified atom stereocenters. The Morgan fingerprint density at radius 1 is 1.31 bits per heavy atom. The van der Waals surface area contributed by atoms with Gasteiger partial charge in [0.2, 0.25) is 0 Å². The zero-order valence-corrected chi connectivity index (χ0v) is 10.5. The molecule has 0 radical (unpaired) electrons. The van der Waals surface area contributed by atoms with E-state index in [1.165, 1.54) is 17.5 Å². The first-order valence-electron chi connectivity index (χ1n) is 5.69. The summed E-state index contributed by atoms with van der Waals surface area (Å²) in [6.45, 7) is 0. The molecule has 1 aromatic carbocycles. The molecule has 0 bridgehead atoms. The van der Waals surface area contributed by atoms with Gasteiger partial charge in [-0.2, -0.15) is 0 Å². The number of fused-ring (bicyclic) bond motifs is 1. The molecule has 2 aliphatic carbocycles. The maximum absolute atomic E-state index is 11.3. The van der Waals surface area contributed by atoms with Gasteiger partial charge in [0.05, 0.1) is 5.41 Å². The van der Waals surface area contributed by atoms with Crippen LogP contribution in [0.1, 0.15) is 36.0 Å².